The number of fused-ring (bicyclic) bond motifs is 1. The van der Waals surface area contributed by atoms with Crippen molar-refractivity contribution in [3.63, 3.8) is 0 Å². The van der Waals surface area contributed by atoms with Crippen molar-refractivity contribution in [1.82, 2.24) is 10.2 Å². The summed E-state index contributed by atoms with van der Waals surface area (Å²) in [5, 5.41) is 3.09. The highest BCUT2D eigenvalue weighted by molar-refractivity contribution is 5.98. The Balaban J connectivity index is 2.20. The number of rotatable bonds is 9. The Hall–Kier alpha value is -2.23. The average molecular weight is 314 g/mol. The maximum absolute atomic E-state index is 12.7. The Morgan fingerprint density at radius 1 is 1.52 bits per heavy atom. The minimum Gasteiger partial charge on any atom is -0.494 e. The first-order chi connectivity index (χ1) is 11.1. The number of nitrogens with zero attached hydrogens (tertiary/aromatic N) is 1. The molecular weight excluding hydrogens is 288 g/mol. The van der Waals surface area contributed by atoms with E-state index < -0.39 is 0 Å². The number of amides is 1. The van der Waals surface area contributed by atoms with E-state index in [1.807, 2.05) is 36.2 Å². The molecule has 0 spiro atoms. The van der Waals surface area contributed by atoms with Crippen LogP contribution < -0.4 is 10.1 Å². The van der Waals surface area contributed by atoms with E-state index in [0.29, 0.717) is 13.2 Å². The molecular formula is C19H26N2O2. The van der Waals surface area contributed by atoms with Crippen molar-refractivity contribution >= 4 is 5.91 Å². The predicted octanol–water partition coefficient (Wildman–Crippen LogP) is 3.50. The van der Waals surface area contributed by atoms with E-state index in [1.54, 1.807) is 0 Å². The van der Waals surface area contributed by atoms with Crippen molar-refractivity contribution in [3.8, 4) is 5.75 Å². The number of benzene rings is 1. The maximum Gasteiger partial charge on any atom is 0.255 e. The highest BCUT2D eigenvalue weighted by Gasteiger charge is 2.33. The van der Waals surface area contributed by atoms with Crippen LogP contribution in [0.2, 0.25) is 0 Å². The molecule has 0 aromatic heterocycles. The molecule has 4 nitrogen and oxygen atoms in total. The number of allylic oxidation sites excluding steroid dienone is 1. The molecule has 0 bridgehead atoms. The van der Waals surface area contributed by atoms with Gasteiger partial charge in [0.2, 0.25) is 0 Å². The second-order valence-electron chi connectivity index (χ2n) is 5.76. The first kappa shape index (κ1) is 17.1. The summed E-state index contributed by atoms with van der Waals surface area (Å²) in [6.45, 7) is 11.2. The van der Waals surface area contributed by atoms with Gasteiger partial charge in [0.1, 0.15) is 5.75 Å². The van der Waals surface area contributed by atoms with E-state index in [1.165, 1.54) is 0 Å². The van der Waals surface area contributed by atoms with Crippen LogP contribution in [-0.4, -0.2) is 30.5 Å². The lowest BCUT2D eigenvalue weighted by Gasteiger charge is -2.29. The SMILES string of the molecule is C=CCCC(C(=C)NC)N1Cc2cc(OCCC)ccc2C1=O. The van der Waals surface area contributed by atoms with Gasteiger partial charge in [-0.2, -0.15) is 0 Å². The molecule has 0 radical (unpaired) electrons. The molecule has 1 aromatic rings. The van der Waals surface area contributed by atoms with Crippen LogP contribution in [0.1, 0.15) is 42.1 Å². The molecule has 0 aliphatic carbocycles. The third kappa shape index (κ3) is 3.76. The fourth-order valence-corrected chi connectivity index (χ4v) is 2.84. The van der Waals surface area contributed by atoms with Crippen molar-refractivity contribution in [1.29, 1.82) is 0 Å². The van der Waals surface area contributed by atoms with Gasteiger partial charge in [-0.1, -0.05) is 19.6 Å². The number of carbonyl (C=O) groups is 1. The Morgan fingerprint density at radius 2 is 2.30 bits per heavy atom. The van der Waals surface area contributed by atoms with Crippen LogP contribution in [0, 0.1) is 0 Å². The Kier molecular flexibility index (Phi) is 5.85. The first-order valence-corrected chi connectivity index (χ1v) is 8.16. The largest absolute Gasteiger partial charge is 0.494 e. The zero-order valence-electron chi connectivity index (χ0n) is 14.1. The molecule has 0 saturated heterocycles. The second kappa shape index (κ2) is 7.86. The summed E-state index contributed by atoms with van der Waals surface area (Å²) in [6.07, 6.45) is 4.51. The molecule has 1 aromatic carbocycles. The third-order valence-corrected chi connectivity index (χ3v) is 4.13. The molecule has 4 heteroatoms. The molecule has 2 rings (SSSR count). The summed E-state index contributed by atoms with van der Waals surface area (Å²) in [7, 11) is 1.84. The number of hydrogen-bond acceptors (Lipinski definition) is 3. The fraction of sp³-hybridized carbons (Fsp3) is 0.421. The lowest BCUT2D eigenvalue weighted by atomic mass is 10.1. The minimum absolute atomic E-state index is 0.0297. The van der Waals surface area contributed by atoms with Crippen molar-refractivity contribution in [3.05, 3.63) is 54.3 Å². The van der Waals surface area contributed by atoms with Gasteiger partial charge >= 0.3 is 0 Å². The van der Waals surface area contributed by atoms with Gasteiger partial charge < -0.3 is 15.0 Å². The molecule has 23 heavy (non-hydrogen) atoms. The highest BCUT2D eigenvalue weighted by Crippen LogP contribution is 2.30. The van der Waals surface area contributed by atoms with Crippen LogP contribution in [0.3, 0.4) is 0 Å². The molecule has 1 aliphatic heterocycles. The van der Waals surface area contributed by atoms with E-state index >= 15 is 0 Å². The van der Waals surface area contributed by atoms with Gasteiger partial charge in [-0.25, -0.2) is 0 Å². The lowest BCUT2D eigenvalue weighted by Crippen LogP contribution is -2.39. The highest BCUT2D eigenvalue weighted by atomic mass is 16.5. The average Bonchev–Trinajstić information content (AvgIpc) is 2.89. The van der Waals surface area contributed by atoms with E-state index in [-0.39, 0.29) is 11.9 Å². The van der Waals surface area contributed by atoms with Crippen molar-refractivity contribution in [2.24, 2.45) is 0 Å². The molecule has 1 heterocycles. The quantitative estimate of drug-likeness (QED) is 0.709. The molecule has 1 unspecified atom stereocenters. The zero-order valence-corrected chi connectivity index (χ0v) is 14.1. The second-order valence-corrected chi connectivity index (χ2v) is 5.76. The monoisotopic (exact) mass is 314 g/mol. The van der Waals surface area contributed by atoms with Gasteiger partial charge in [-0.15, -0.1) is 6.58 Å². The Morgan fingerprint density at radius 3 is 2.96 bits per heavy atom. The van der Waals surface area contributed by atoms with Crippen LogP contribution in [0.15, 0.2) is 43.1 Å². The number of nitrogens with one attached hydrogen (secondary N) is 1. The van der Waals surface area contributed by atoms with Crippen LogP contribution in [0.4, 0.5) is 0 Å². The molecule has 1 N–H and O–H groups in total. The number of hydrogen-bond donors (Lipinski definition) is 1. The van der Waals surface area contributed by atoms with E-state index in [9.17, 15) is 4.79 Å². The molecule has 124 valence electrons. The van der Waals surface area contributed by atoms with Crippen molar-refractivity contribution in [2.45, 2.75) is 38.8 Å². The first-order valence-electron chi connectivity index (χ1n) is 8.16. The van der Waals surface area contributed by atoms with E-state index in [4.69, 9.17) is 4.74 Å². The maximum atomic E-state index is 12.7. The molecule has 0 saturated carbocycles. The Bertz CT molecular complexity index is 595. The van der Waals surface area contributed by atoms with Gasteiger partial charge in [-0.3, -0.25) is 4.79 Å². The normalized spacial score (nSPS) is 14.3. The van der Waals surface area contributed by atoms with Crippen molar-refractivity contribution < 1.29 is 9.53 Å². The third-order valence-electron chi connectivity index (χ3n) is 4.13. The summed E-state index contributed by atoms with van der Waals surface area (Å²) < 4.78 is 5.67. The van der Waals surface area contributed by atoms with Crippen LogP contribution in [0.25, 0.3) is 0 Å². The topological polar surface area (TPSA) is 41.6 Å². The molecule has 1 atom stereocenters. The smallest absolute Gasteiger partial charge is 0.255 e. The van der Waals surface area contributed by atoms with E-state index in [2.05, 4.69) is 25.4 Å². The molecule has 1 amide bonds. The van der Waals surface area contributed by atoms with Gasteiger partial charge in [0.25, 0.3) is 5.91 Å². The summed E-state index contributed by atoms with van der Waals surface area (Å²) in [5.74, 6) is 0.892. The van der Waals surface area contributed by atoms with Crippen LogP contribution in [-0.2, 0) is 6.54 Å². The number of ether oxygens (including phenoxy) is 1. The van der Waals surface area contributed by atoms with Crippen LogP contribution >= 0.6 is 0 Å². The standard InChI is InChI=1S/C19H26N2O2/c1-5-7-8-18(14(3)20-4)21-13-15-12-16(23-11-6-2)9-10-17(15)19(21)22/h5,9-10,12,18,20H,1,3,6-8,11,13H2,2,4H3. The van der Waals surface area contributed by atoms with E-state index in [0.717, 1.165) is 41.8 Å². The lowest BCUT2D eigenvalue weighted by molar-refractivity contribution is 0.0719. The summed E-state index contributed by atoms with van der Waals surface area (Å²) in [4.78, 5) is 14.6. The predicted molar refractivity (Wildman–Crippen MR) is 93.5 cm³/mol. The van der Waals surface area contributed by atoms with Gasteiger partial charge in [0, 0.05) is 24.9 Å². The molecule has 0 fully saturated rings. The number of likely N-dealkylation sites (N-methyl/N-ethyl adjacent to an activating group) is 1. The van der Waals surface area contributed by atoms with Gasteiger partial charge in [0.15, 0.2) is 0 Å². The minimum atomic E-state index is -0.0297. The summed E-state index contributed by atoms with van der Waals surface area (Å²) in [5.41, 5.74) is 2.65. The fourth-order valence-electron chi connectivity index (χ4n) is 2.84. The van der Waals surface area contributed by atoms with Gasteiger partial charge in [-0.05, 0) is 43.0 Å². The summed E-state index contributed by atoms with van der Waals surface area (Å²) >= 11 is 0. The summed E-state index contributed by atoms with van der Waals surface area (Å²) in [6, 6.07) is 5.70. The van der Waals surface area contributed by atoms with Crippen molar-refractivity contribution in [2.75, 3.05) is 13.7 Å². The number of carbonyl (C=O) groups excluding carboxylic acids is 1. The van der Waals surface area contributed by atoms with Gasteiger partial charge in [0.05, 0.1) is 12.6 Å². The van der Waals surface area contributed by atoms with Crippen LogP contribution in [0.5, 0.6) is 5.75 Å². The Labute approximate surface area is 138 Å². The molecule has 1 aliphatic rings. The zero-order chi connectivity index (χ0) is 16.8.